The number of carbonyl (C=O) groups excluding carboxylic acids is 1. The topological polar surface area (TPSA) is 69.8 Å². The number of rotatable bonds is 2. The van der Waals surface area contributed by atoms with E-state index in [1.54, 1.807) is 7.05 Å². The molecule has 0 bridgehead atoms. The molecule has 1 atom stereocenters. The first-order valence-electron chi connectivity index (χ1n) is 5.13. The van der Waals surface area contributed by atoms with Crippen LogP contribution in [0.2, 0.25) is 0 Å². The summed E-state index contributed by atoms with van der Waals surface area (Å²) in [4.78, 5) is 18.7. The summed E-state index contributed by atoms with van der Waals surface area (Å²) >= 11 is 0. The maximum Gasteiger partial charge on any atom is 0.315 e. The molecule has 2 amide bonds. The number of benzene rings is 1. The van der Waals surface area contributed by atoms with Gasteiger partial charge in [0.1, 0.15) is 5.82 Å². The van der Waals surface area contributed by atoms with E-state index in [1.165, 1.54) is 0 Å². The van der Waals surface area contributed by atoms with Crippen LogP contribution >= 0.6 is 0 Å². The SMILES string of the molecule is CNC(=O)NC(C)c1nc2ccccc2[nH]1. The van der Waals surface area contributed by atoms with Crippen molar-refractivity contribution in [2.45, 2.75) is 13.0 Å². The zero-order chi connectivity index (χ0) is 11.5. The van der Waals surface area contributed by atoms with Crippen LogP contribution in [0.5, 0.6) is 0 Å². The molecule has 0 aliphatic rings. The Kier molecular flexibility index (Phi) is 2.76. The van der Waals surface area contributed by atoms with E-state index < -0.39 is 0 Å². The highest BCUT2D eigenvalue weighted by Crippen LogP contribution is 2.15. The molecule has 1 aromatic carbocycles. The lowest BCUT2D eigenvalue weighted by molar-refractivity contribution is 0.239. The summed E-state index contributed by atoms with van der Waals surface area (Å²) in [5.41, 5.74) is 1.88. The van der Waals surface area contributed by atoms with Crippen molar-refractivity contribution in [2.24, 2.45) is 0 Å². The number of aromatic nitrogens is 2. The molecular weight excluding hydrogens is 204 g/mol. The first-order valence-corrected chi connectivity index (χ1v) is 5.13. The summed E-state index contributed by atoms with van der Waals surface area (Å²) in [6, 6.07) is 7.41. The third-order valence-corrected chi connectivity index (χ3v) is 2.39. The Balaban J connectivity index is 2.23. The maximum absolute atomic E-state index is 11.1. The summed E-state index contributed by atoms with van der Waals surface area (Å²) in [6.07, 6.45) is 0. The van der Waals surface area contributed by atoms with Crippen LogP contribution in [-0.4, -0.2) is 23.0 Å². The standard InChI is InChI=1S/C11H14N4O/c1-7(13-11(16)12-2)10-14-8-5-3-4-6-9(8)15-10/h3-7H,1-2H3,(H,14,15)(H2,12,13,16). The molecule has 84 valence electrons. The zero-order valence-corrected chi connectivity index (χ0v) is 9.24. The van der Waals surface area contributed by atoms with Crippen LogP contribution < -0.4 is 10.6 Å². The second-order valence-electron chi connectivity index (χ2n) is 3.58. The Bertz CT molecular complexity index is 472. The summed E-state index contributed by atoms with van der Waals surface area (Å²) in [6.45, 7) is 1.88. The molecule has 5 nitrogen and oxygen atoms in total. The van der Waals surface area contributed by atoms with E-state index in [9.17, 15) is 4.79 Å². The lowest BCUT2D eigenvalue weighted by atomic mass is 10.3. The third-order valence-electron chi connectivity index (χ3n) is 2.39. The number of aromatic amines is 1. The van der Waals surface area contributed by atoms with Gasteiger partial charge in [0.2, 0.25) is 0 Å². The van der Waals surface area contributed by atoms with Crippen molar-refractivity contribution in [3.05, 3.63) is 30.1 Å². The van der Waals surface area contributed by atoms with Gasteiger partial charge in [-0.2, -0.15) is 0 Å². The van der Waals surface area contributed by atoms with Gasteiger partial charge < -0.3 is 15.6 Å². The molecule has 16 heavy (non-hydrogen) atoms. The predicted octanol–water partition coefficient (Wildman–Crippen LogP) is 1.55. The summed E-state index contributed by atoms with van der Waals surface area (Å²) in [5.74, 6) is 0.754. The molecule has 0 aliphatic heterocycles. The molecule has 0 aliphatic carbocycles. The van der Waals surface area contributed by atoms with Crippen LogP contribution in [0.3, 0.4) is 0 Å². The van der Waals surface area contributed by atoms with Crippen molar-refractivity contribution in [3.63, 3.8) is 0 Å². The number of imidazole rings is 1. The normalized spacial score (nSPS) is 12.4. The number of nitrogens with zero attached hydrogens (tertiary/aromatic N) is 1. The number of carbonyl (C=O) groups is 1. The van der Waals surface area contributed by atoms with Gasteiger partial charge in [0.05, 0.1) is 17.1 Å². The van der Waals surface area contributed by atoms with Crippen LogP contribution in [-0.2, 0) is 0 Å². The average molecular weight is 218 g/mol. The van der Waals surface area contributed by atoms with Crippen LogP contribution in [0.25, 0.3) is 11.0 Å². The molecule has 0 saturated carbocycles. The van der Waals surface area contributed by atoms with E-state index >= 15 is 0 Å². The Hall–Kier alpha value is -2.04. The number of hydrogen-bond acceptors (Lipinski definition) is 2. The van der Waals surface area contributed by atoms with Gasteiger partial charge in [-0.25, -0.2) is 9.78 Å². The fraction of sp³-hybridized carbons (Fsp3) is 0.273. The van der Waals surface area contributed by atoms with Crippen molar-refractivity contribution in [1.29, 1.82) is 0 Å². The summed E-state index contributed by atoms with van der Waals surface area (Å²) in [7, 11) is 1.58. The molecule has 0 radical (unpaired) electrons. The van der Waals surface area contributed by atoms with E-state index in [-0.39, 0.29) is 12.1 Å². The second kappa shape index (κ2) is 4.22. The second-order valence-corrected chi connectivity index (χ2v) is 3.58. The monoisotopic (exact) mass is 218 g/mol. The minimum absolute atomic E-state index is 0.146. The highest BCUT2D eigenvalue weighted by molar-refractivity contribution is 5.76. The number of urea groups is 1. The van der Waals surface area contributed by atoms with Crippen molar-refractivity contribution >= 4 is 17.1 Å². The number of para-hydroxylation sites is 2. The van der Waals surface area contributed by atoms with Crippen LogP contribution in [0.15, 0.2) is 24.3 Å². The van der Waals surface area contributed by atoms with Crippen LogP contribution in [0, 0.1) is 0 Å². The fourth-order valence-corrected chi connectivity index (χ4v) is 1.51. The average Bonchev–Trinajstić information content (AvgIpc) is 2.72. The van der Waals surface area contributed by atoms with E-state index in [2.05, 4.69) is 20.6 Å². The highest BCUT2D eigenvalue weighted by atomic mass is 16.2. The van der Waals surface area contributed by atoms with Gasteiger partial charge in [-0.3, -0.25) is 0 Å². The first kappa shape index (κ1) is 10.5. The van der Waals surface area contributed by atoms with Crippen LogP contribution in [0.1, 0.15) is 18.8 Å². The van der Waals surface area contributed by atoms with Gasteiger partial charge in [0, 0.05) is 7.05 Å². The molecule has 2 rings (SSSR count). The molecule has 0 fully saturated rings. The van der Waals surface area contributed by atoms with E-state index in [0.29, 0.717) is 0 Å². The number of H-pyrrole nitrogens is 1. The molecule has 0 spiro atoms. The van der Waals surface area contributed by atoms with Crippen molar-refractivity contribution in [1.82, 2.24) is 20.6 Å². The fourth-order valence-electron chi connectivity index (χ4n) is 1.51. The third kappa shape index (κ3) is 1.98. The maximum atomic E-state index is 11.1. The summed E-state index contributed by atoms with van der Waals surface area (Å²) in [5, 5.41) is 5.27. The minimum Gasteiger partial charge on any atom is -0.341 e. The molecule has 1 unspecified atom stereocenters. The predicted molar refractivity (Wildman–Crippen MR) is 62.1 cm³/mol. The van der Waals surface area contributed by atoms with E-state index in [0.717, 1.165) is 16.9 Å². The number of nitrogens with one attached hydrogen (secondary N) is 3. The Labute approximate surface area is 93.3 Å². The summed E-state index contributed by atoms with van der Waals surface area (Å²) < 4.78 is 0. The largest absolute Gasteiger partial charge is 0.341 e. The van der Waals surface area contributed by atoms with Crippen molar-refractivity contribution < 1.29 is 4.79 Å². The highest BCUT2D eigenvalue weighted by Gasteiger charge is 2.12. The van der Waals surface area contributed by atoms with Gasteiger partial charge in [0.25, 0.3) is 0 Å². The Morgan fingerprint density at radius 1 is 1.44 bits per heavy atom. The van der Waals surface area contributed by atoms with Gasteiger partial charge in [-0.15, -0.1) is 0 Å². The molecule has 1 aromatic heterocycles. The van der Waals surface area contributed by atoms with Gasteiger partial charge in [0.15, 0.2) is 0 Å². The first-order chi connectivity index (χ1) is 7.70. The molecule has 1 heterocycles. The smallest absolute Gasteiger partial charge is 0.315 e. The molecule has 2 aromatic rings. The van der Waals surface area contributed by atoms with Crippen molar-refractivity contribution in [3.8, 4) is 0 Å². The zero-order valence-electron chi connectivity index (χ0n) is 9.24. The minimum atomic E-state index is -0.215. The Morgan fingerprint density at radius 2 is 2.19 bits per heavy atom. The lowest BCUT2D eigenvalue weighted by Crippen LogP contribution is -2.34. The lowest BCUT2D eigenvalue weighted by Gasteiger charge is -2.10. The van der Waals surface area contributed by atoms with Gasteiger partial charge in [-0.1, -0.05) is 12.1 Å². The van der Waals surface area contributed by atoms with Crippen molar-refractivity contribution in [2.75, 3.05) is 7.05 Å². The number of fused-ring (bicyclic) bond motifs is 1. The molecular formula is C11H14N4O. The van der Waals surface area contributed by atoms with Gasteiger partial charge in [-0.05, 0) is 19.1 Å². The number of amides is 2. The van der Waals surface area contributed by atoms with Gasteiger partial charge >= 0.3 is 6.03 Å². The van der Waals surface area contributed by atoms with E-state index in [4.69, 9.17) is 0 Å². The molecule has 3 N–H and O–H groups in total. The molecule has 5 heteroatoms. The van der Waals surface area contributed by atoms with E-state index in [1.807, 2.05) is 31.2 Å². The number of hydrogen-bond donors (Lipinski definition) is 3. The molecule has 0 saturated heterocycles. The Morgan fingerprint density at radius 3 is 2.88 bits per heavy atom. The van der Waals surface area contributed by atoms with Crippen LogP contribution in [0.4, 0.5) is 4.79 Å². The quantitative estimate of drug-likeness (QED) is 0.715.